The molecular formula is C26H29N5O3. The molecule has 0 unspecified atom stereocenters. The summed E-state index contributed by atoms with van der Waals surface area (Å²) in [6.07, 6.45) is 4.23. The fraction of sp³-hybridized carbons (Fsp3) is 0.269. The smallest absolute Gasteiger partial charge is 0.221 e. The summed E-state index contributed by atoms with van der Waals surface area (Å²) in [5.74, 6) is 1.70. The molecule has 2 aromatic carbocycles. The number of aromatic nitrogens is 2. The average Bonchev–Trinajstić information content (AvgIpc) is 2.75. The molecule has 0 saturated heterocycles. The van der Waals surface area contributed by atoms with Gasteiger partial charge in [-0.15, -0.1) is 0 Å². The molecule has 5 N–H and O–H groups in total. The zero-order chi connectivity index (χ0) is 24.5. The number of nitrogens with two attached hydrogens (primary N) is 2. The van der Waals surface area contributed by atoms with Crippen molar-refractivity contribution < 1.29 is 14.3 Å². The maximum atomic E-state index is 11.6. The standard InChI is InChI=1S/C26H29N5O3/c1-5-33-22-11-16(9-18-14-29-25(28)31-24(18)27)10-20-21(13-26(3,4)34-23(20)22)17-7-6-8-19(12-17)30-15(2)32/h6-8,10-14H,5,9H2,1-4H3,(H,30,32)(H4,27,28,29,31). The third kappa shape index (κ3) is 4.96. The average molecular weight is 460 g/mol. The van der Waals surface area contributed by atoms with Crippen molar-refractivity contribution in [2.45, 2.75) is 39.7 Å². The van der Waals surface area contributed by atoms with Gasteiger partial charge in [-0.05, 0) is 67.8 Å². The Kier molecular flexibility index (Phi) is 6.15. The summed E-state index contributed by atoms with van der Waals surface area (Å²) in [5, 5.41) is 2.86. The van der Waals surface area contributed by atoms with Gasteiger partial charge in [0.25, 0.3) is 0 Å². The number of rotatable bonds is 6. The Morgan fingerprint density at radius 1 is 1.21 bits per heavy atom. The number of ether oxygens (including phenoxy) is 2. The van der Waals surface area contributed by atoms with Crippen LogP contribution in [-0.2, 0) is 11.2 Å². The van der Waals surface area contributed by atoms with E-state index in [2.05, 4.69) is 27.4 Å². The number of carbonyl (C=O) groups excluding carboxylic acids is 1. The van der Waals surface area contributed by atoms with Crippen LogP contribution in [0.5, 0.6) is 11.5 Å². The Labute approximate surface area is 199 Å². The lowest BCUT2D eigenvalue weighted by Crippen LogP contribution is -2.29. The molecule has 0 saturated carbocycles. The monoisotopic (exact) mass is 459 g/mol. The van der Waals surface area contributed by atoms with Crippen LogP contribution in [0.25, 0.3) is 5.57 Å². The second-order valence-corrected chi connectivity index (χ2v) is 8.74. The van der Waals surface area contributed by atoms with Crippen molar-refractivity contribution in [2.24, 2.45) is 0 Å². The maximum absolute atomic E-state index is 11.6. The van der Waals surface area contributed by atoms with Crippen LogP contribution in [0, 0.1) is 0 Å². The summed E-state index contributed by atoms with van der Waals surface area (Å²) in [4.78, 5) is 19.8. The van der Waals surface area contributed by atoms with Crippen LogP contribution in [0.1, 0.15) is 49.9 Å². The summed E-state index contributed by atoms with van der Waals surface area (Å²) < 4.78 is 12.4. The number of hydrogen-bond donors (Lipinski definition) is 3. The van der Waals surface area contributed by atoms with Crippen LogP contribution in [-0.4, -0.2) is 28.1 Å². The molecule has 8 heteroatoms. The van der Waals surface area contributed by atoms with Crippen molar-refractivity contribution in [1.29, 1.82) is 0 Å². The van der Waals surface area contributed by atoms with E-state index in [0.717, 1.165) is 33.5 Å². The van der Waals surface area contributed by atoms with Crippen LogP contribution < -0.4 is 26.3 Å². The minimum Gasteiger partial charge on any atom is -0.490 e. The first-order chi connectivity index (χ1) is 16.1. The van der Waals surface area contributed by atoms with Crippen LogP contribution in [0.3, 0.4) is 0 Å². The lowest BCUT2D eigenvalue weighted by Gasteiger charge is -2.33. The number of anilines is 3. The topological polar surface area (TPSA) is 125 Å². The third-order valence-electron chi connectivity index (χ3n) is 5.37. The molecule has 1 aliphatic heterocycles. The first kappa shape index (κ1) is 23.1. The summed E-state index contributed by atoms with van der Waals surface area (Å²) in [7, 11) is 0. The molecule has 1 aliphatic rings. The highest BCUT2D eigenvalue weighted by molar-refractivity contribution is 5.91. The summed E-state index contributed by atoms with van der Waals surface area (Å²) in [6.45, 7) is 7.93. The molecule has 0 fully saturated rings. The van der Waals surface area contributed by atoms with Crippen LogP contribution in [0.15, 0.2) is 48.7 Å². The lowest BCUT2D eigenvalue weighted by molar-refractivity contribution is -0.114. The Morgan fingerprint density at radius 3 is 2.71 bits per heavy atom. The van der Waals surface area contributed by atoms with Gasteiger partial charge < -0.3 is 26.3 Å². The number of fused-ring (bicyclic) bond motifs is 1. The molecule has 1 aromatic heterocycles. The van der Waals surface area contributed by atoms with E-state index in [1.165, 1.54) is 6.92 Å². The molecule has 0 aliphatic carbocycles. The van der Waals surface area contributed by atoms with Crippen LogP contribution >= 0.6 is 0 Å². The Balaban J connectivity index is 1.85. The molecule has 176 valence electrons. The minimum absolute atomic E-state index is 0.122. The van der Waals surface area contributed by atoms with Crippen molar-refractivity contribution in [1.82, 2.24) is 9.97 Å². The Hall–Kier alpha value is -4.07. The summed E-state index contributed by atoms with van der Waals surface area (Å²) in [6, 6.07) is 11.8. The molecule has 34 heavy (non-hydrogen) atoms. The van der Waals surface area contributed by atoms with Gasteiger partial charge in [-0.1, -0.05) is 12.1 Å². The Morgan fingerprint density at radius 2 is 2.00 bits per heavy atom. The summed E-state index contributed by atoms with van der Waals surface area (Å²) >= 11 is 0. The molecule has 0 bridgehead atoms. The van der Waals surface area contributed by atoms with Gasteiger partial charge in [0.1, 0.15) is 11.4 Å². The zero-order valence-electron chi connectivity index (χ0n) is 19.8. The van der Waals surface area contributed by atoms with E-state index in [1.807, 2.05) is 51.1 Å². The molecule has 1 amide bonds. The lowest BCUT2D eigenvalue weighted by atomic mass is 9.88. The van der Waals surface area contributed by atoms with E-state index < -0.39 is 5.60 Å². The highest BCUT2D eigenvalue weighted by atomic mass is 16.5. The van der Waals surface area contributed by atoms with Gasteiger partial charge in [-0.3, -0.25) is 4.79 Å². The van der Waals surface area contributed by atoms with Crippen LogP contribution in [0.4, 0.5) is 17.5 Å². The van der Waals surface area contributed by atoms with Gasteiger partial charge in [-0.2, -0.15) is 4.98 Å². The normalized spacial score (nSPS) is 13.9. The van der Waals surface area contributed by atoms with E-state index in [9.17, 15) is 4.79 Å². The van der Waals surface area contributed by atoms with Gasteiger partial charge in [-0.25, -0.2) is 4.98 Å². The number of hydrogen-bond acceptors (Lipinski definition) is 7. The van der Waals surface area contributed by atoms with E-state index in [1.54, 1.807) is 6.20 Å². The highest BCUT2D eigenvalue weighted by Gasteiger charge is 2.30. The van der Waals surface area contributed by atoms with Crippen molar-refractivity contribution in [3.05, 3.63) is 70.9 Å². The molecule has 0 spiro atoms. The Bertz CT molecular complexity index is 1280. The quantitative estimate of drug-likeness (QED) is 0.504. The van der Waals surface area contributed by atoms with Crippen LogP contribution in [0.2, 0.25) is 0 Å². The van der Waals surface area contributed by atoms with E-state index >= 15 is 0 Å². The van der Waals surface area contributed by atoms with Gasteiger partial charge in [0.2, 0.25) is 11.9 Å². The predicted molar refractivity (Wildman–Crippen MR) is 134 cm³/mol. The number of benzene rings is 2. The van der Waals surface area contributed by atoms with Gasteiger partial charge >= 0.3 is 0 Å². The fourth-order valence-electron chi connectivity index (χ4n) is 4.04. The van der Waals surface area contributed by atoms with Gasteiger partial charge in [0, 0.05) is 36.4 Å². The number of carbonyl (C=O) groups is 1. The molecule has 0 radical (unpaired) electrons. The number of nitrogens with one attached hydrogen (secondary N) is 1. The largest absolute Gasteiger partial charge is 0.490 e. The SMILES string of the molecule is CCOc1cc(Cc2cnc(N)nc2N)cc2c1OC(C)(C)C=C2c1cccc(NC(C)=O)c1. The third-order valence-corrected chi connectivity index (χ3v) is 5.37. The maximum Gasteiger partial charge on any atom is 0.221 e. The second kappa shape index (κ2) is 9.05. The number of amides is 1. The molecule has 3 aromatic rings. The van der Waals surface area contributed by atoms with Crippen molar-refractivity contribution >= 4 is 28.9 Å². The second-order valence-electron chi connectivity index (χ2n) is 8.74. The molecule has 8 nitrogen and oxygen atoms in total. The van der Waals surface area contributed by atoms with Gasteiger partial charge in [0.05, 0.1) is 6.61 Å². The number of nitrogens with zero attached hydrogens (tertiary/aromatic N) is 2. The van der Waals surface area contributed by atoms with E-state index in [0.29, 0.717) is 30.3 Å². The molecular weight excluding hydrogens is 430 g/mol. The fourth-order valence-corrected chi connectivity index (χ4v) is 4.04. The first-order valence-electron chi connectivity index (χ1n) is 11.1. The molecule has 2 heterocycles. The minimum atomic E-state index is -0.561. The highest BCUT2D eigenvalue weighted by Crippen LogP contribution is 2.46. The van der Waals surface area contributed by atoms with Crippen molar-refractivity contribution in [3.63, 3.8) is 0 Å². The molecule has 0 atom stereocenters. The first-order valence-corrected chi connectivity index (χ1v) is 11.1. The van der Waals surface area contributed by atoms with E-state index in [-0.39, 0.29) is 11.9 Å². The molecule has 4 rings (SSSR count). The van der Waals surface area contributed by atoms with Gasteiger partial charge in [0.15, 0.2) is 11.5 Å². The zero-order valence-corrected chi connectivity index (χ0v) is 19.8. The van der Waals surface area contributed by atoms with E-state index in [4.69, 9.17) is 20.9 Å². The predicted octanol–water partition coefficient (Wildman–Crippen LogP) is 4.19. The van der Waals surface area contributed by atoms with Crippen molar-refractivity contribution in [2.75, 3.05) is 23.4 Å². The number of nitrogen functional groups attached to an aromatic ring is 2. The summed E-state index contributed by atoms with van der Waals surface area (Å²) in [5.41, 5.74) is 16.5. The van der Waals surface area contributed by atoms with Crippen molar-refractivity contribution in [3.8, 4) is 11.5 Å².